The SMILES string of the molecule is COC(=O)c1ccc(C(N)/C(N)=N/O)cc1F. The summed E-state index contributed by atoms with van der Waals surface area (Å²) in [5.41, 5.74) is 10.9. The van der Waals surface area contributed by atoms with Crippen LogP contribution in [-0.4, -0.2) is 24.1 Å². The van der Waals surface area contributed by atoms with Crippen molar-refractivity contribution in [3.8, 4) is 0 Å². The second kappa shape index (κ2) is 5.26. The predicted octanol–water partition coefficient (Wildman–Crippen LogP) is 0.358. The van der Waals surface area contributed by atoms with Gasteiger partial charge in [-0.05, 0) is 17.7 Å². The Hall–Kier alpha value is -2.15. The molecule has 5 N–H and O–H groups in total. The first-order chi connectivity index (χ1) is 8.01. The molecule has 0 aliphatic heterocycles. The highest BCUT2D eigenvalue weighted by molar-refractivity contribution is 5.90. The van der Waals surface area contributed by atoms with Gasteiger partial charge in [-0.2, -0.15) is 0 Å². The van der Waals surface area contributed by atoms with Gasteiger partial charge in [-0.25, -0.2) is 9.18 Å². The Morgan fingerprint density at radius 1 is 1.59 bits per heavy atom. The molecule has 0 aliphatic rings. The molecule has 0 saturated heterocycles. The van der Waals surface area contributed by atoms with Crippen LogP contribution in [0.4, 0.5) is 4.39 Å². The predicted molar refractivity (Wildman–Crippen MR) is 58.1 cm³/mol. The van der Waals surface area contributed by atoms with Crippen molar-refractivity contribution in [3.05, 3.63) is 35.1 Å². The summed E-state index contributed by atoms with van der Waals surface area (Å²) in [5, 5.41) is 11.2. The maximum Gasteiger partial charge on any atom is 0.340 e. The molecule has 0 bridgehead atoms. The van der Waals surface area contributed by atoms with Gasteiger partial charge in [0.2, 0.25) is 0 Å². The van der Waals surface area contributed by atoms with E-state index < -0.39 is 17.8 Å². The molecule has 0 saturated carbocycles. The second-order valence-electron chi connectivity index (χ2n) is 3.23. The Morgan fingerprint density at radius 3 is 2.71 bits per heavy atom. The maximum atomic E-state index is 13.5. The summed E-state index contributed by atoms with van der Waals surface area (Å²) in [7, 11) is 1.15. The maximum absolute atomic E-state index is 13.5. The fourth-order valence-electron chi connectivity index (χ4n) is 1.23. The summed E-state index contributed by atoms with van der Waals surface area (Å²) < 4.78 is 17.9. The van der Waals surface area contributed by atoms with Crippen LogP contribution in [0.5, 0.6) is 0 Å². The molecule has 1 atom stereocenters. The van der Waals surface area contributed by atoms with Crippen LogP contribution in [-0.2, 0) is 4.74 Å². The lowest BCUT2D eigenvalue weighted by Crippen LogP contribution is -2.28. The Morgan fingerprint density at radius 2 is 2.24 bits per heavy atom. The van der Waals surface area contributed by atoms with E-state index in [9.17, 15) is 9.18 Å². The number of carbonyl (C=O) groups is 1. The van der Waals surface area contributed by atoms with Crippen molar-refractivity contribution in [2.75, 3.05) is 7.11 Å². The van der Waals surface area contributed by atoms with Crippen LogP contribution in [0.15, 0.2) is 23.4 Å². The van der Waals surface area contributed by atoms with Crippen LogP contribution in [0.2, 0.25) is 0 Å². The van der Waals surface area contributed by atoms with E-state index in [0.29, 0.717) is 0 Å². The van der Waals surface area contributed by atoms with E-state index in [4.69, 9.17) is 16.7 Å². The molecule has 17 heavy (non-hydrogen) atoms. The van der Waals surface area contributed by atoms with Gasteiger partial charge < -0.3 is 21.4 Å². The zero-order valence-electron chi connectivity index (χ0n) is 9.05. The zero-order valence-corrected chi connectivity index (χ0v) is 9.05. The van der Waals surface area contributed by atoms with Gasteiger partial charge in [0.1, 0.15) is 5.82 Å². The lowest BCUT2D eigenvalue weighted by molar-refractivity contribution is 0.0595. The molecule has 6 nitrogen and oxygen atoms in total. The van der Waals surface area contributed by atoms with Gasteiger partial charge >= 0.3 is 5.97 Å². The number of carbonyl (C=O) groups excluding carboxylic acids is 1. The summed E-state index contributed by atoms with van der Waals surface area (Å²) in [6, 6.07) is 2.72. The minimum absolute atomic E-state index is 0.206. The van der Waals surface area contributed by atoms with Gasteiger partial charge in [-0.15, -0.1) is 0 Å². The summed E-state index contributed by atoms with van der Waals surface area (Å²) >= 11 is 0. The quantitative estimate of drug-likeness (QED) is 0.232. The third-order valence-electron chi connectivity index (χ3n) is 2.19. The van der Waals surface area contributed by atoms with E-state index in [2.05, 4.69) is 9.89 Å². The minimum atomic E-state index is -0.943. The van der Waals surface area contributed by atoms with Crippen LogP contribution in [0.3, 0.4) is 0 Å². The molecule has 1 aromatic rings. The number of nitrogens with zero attached hydrogens (tertiary/aromatic N) is 1. The summed E-state index contributed by atoms with van der Waals surface area (Å²) in [4.78, 5) is 11.1. The second-order valence-corrected chi connectivity index (χ2v) is 3.23. The van der Waals surface area contributed by atoms with Crippen molar-refractivity contribution >= 4 is 11.8 Å². The number of rotatable bonds is 3. The fourth-order valence-corrected chi connectivity index (χ4v) is 1.23. The van der Waals surface area contributed by atoms with E-state index >= 15 is 0 Å². The molecule has 92 valence electrons. The number of hydrogen-bond acceptors (Lipinski definition) is 5. The number of methoxy groups -OCH3 is 1. The van der Waals surface area contributed by atoms with Crippen molar-refractivity contribution in [1.82, 2.24) is 0 Å². The fraction of sp³-hybridized carbons (Fsp3) is 0.200. The monoisotopic (exact) mass is 241 g/mol. The number of halogens is 1. The van der Waals surface area contributed by atoms with Crippen molar-refractivity contribution in [3.63, 3.8) is 0 Å². The van der Waals surface area contributed by atoms with E-state index in [-0.39, 0.29) is 17.0 Å². The van der Waals surface area contributed by atoms with E-state index in [1.54, 1.807) is 0 Å². The smallest absolute Gasteiger partial charge is 0.340 e. The minimum Gasteiger partial charge on any atom is -0.465 e. The molecule has 0 fully saturated rings. The number of nitrogens with two attached hydrogens (primary N) is 2. The van der Waals surface area contributed by atoms with Crippen molar-refractivity contribution in [2.45, 2.75) is 6.04 Å². The van der Waals surface area contributed by atoms with Crippen molar-refractivity contribution in [1.29, 1.82) is 0 Å². The number of hydrogen-bond donors (Lipinski definition) is 3. The third-order valence-corrected chi connectivity index (χ3v) is 2.19. The molecule has 7 heteroatoms. The number of ether oxygens (including phenoxy) is 1. The first kappa shape index (κ1) is 12.9. The van der Waals surface area contributed by atoms with Crippen LogP contribution >= 0.6 is 0 Å². The van der Waals surface area contributed by atoms with Crippen molar-refractivity contribution in [2.24, 2.45) is 16.6 Å². The van der Waals surface area contributed by atoms with Gasteiger partial charge in [-0.3, -0.25) is 0 Å². The summed E-state index contributed by atoms with van der Waals surface area (Å²) in [6.45, 7) is 0. The first-order valence-corrected chi connectivity index (χ1v) is 4.62. The Bertz CT molecular complexity index is 462. The summed E-state index contributed by atoms with van der Waals surface area (Å²) in [6.07, 6.45) is 0. The third kappa shape index (κ3) is 2.70. The molecule has 0 spiro atoms. The van der Waals surface area contributed by atoms with Crippen molar-refractivity contribution < 1.29 is 19.1 Å². The van der Waals surface area contributed by atoms with Gasteiger partial charge in [0.25, 0.3) is 0 Å². The molecule has 0 aromatic heterocycles. The van der Waals surface area contributed by atoms with Crippen LogP contribution in [0.1, 0.15) is 22.0 Å². The lowest BCUT2D eigenvalue weighted by atomic mass is 10.0. The molecule has 0 heterocycles. The highest BCUT2D eigenvalue weighted by Gasteiger charge is 2.16. The number of benzene rings is 1. The van der Waals surface area contributed by atoms with Gasteiger partial charge in [0.05, 0.1) is 18.7 Å². The zero-order chi connectivity index (χ0) is 13.0. The molecular formula is C10H12FN3O3. The number of oxime groups is 1. The van der Waals surface area contributed by atoms with E-state index in [1.807, 2.05) is 0 Å². The normalized spacial score (nSPS) is 13.2. The molecule has 1 unspecified atom stereocenters. The molecule has 1 rings (SSSR count). The molecular weight excluding hydrogens is 229 g/mol. The standard InChI is InChI=1S/C10H12FN3O3/c1-17-10(15)6-3-2-5(4-7(6)11)8(12)9(13)14-16/h2-4,8,16H,12H2,1H3,(H2,13,14). The van der Waals surface area contributed by atoms with Crippen LogP contribution in [0, 0.1) is 5.82 Å². The number of esters is 1. The van der Waals surface area contributed by atoms with Gasteiger partial charge in [-0.1, -0.05) is 11.2 Å². The Kier molecular flexibility index (Phi) is 4.00. The van der Waals surface area contributed by atoms with E-state index in [0.717, 1.165) is 13.2 Å². The summed E-state index contributed by atoms with van der Waals surface area (Å²) in [5.74, 6) is -1.82. The average Bonchev–Trinajstić information content (AvgIpc) is 2.35. The van der Waals surface area contributed by atoms with E-state index in [1.165, 1.54) is 12.1 Å². The van der Waals surface area contributed by atoms with Crippen LogP contribution < -0.4 is 11.5 Å². The highest BCUT2D eigenvalue weighted by atomic mass is 19.1. The van der Waals surface area contributed by atoms with Gasteiger partial charge in [0, 0.05) is 0 Å². The average molecular weight is 241 g/mol. The molecule has 0 radical (unpaired) electrons. The topological polar surface area (TPSA) is 111 Å². The Labute approximate surface area is 96.7 Å². The highest BCUT2D eigenvalue weighted by Crippen LogP contribution is 2.16. The molecule has 1 aromatic carbocycles. The Balaban J connectivity index is 3.08. The van der Waals surface area contributed by atoms with Crippen LogP contribution in [0.25, 0.3) is 0 Å². The number of amidine groups is 1. The lowest BCUT2D eigenvalue weighted by Gasteiger charge is -2.11. The molecule has 0 amide bonds. The molecule has 0 aliphatic carbocycles. The largest absolute Gasteiger partial charge is 0.465 e. The first-order valence-electron chi connectivity index (χ1n) is 4.62. The van der Waals surface area contributed by atoms with Gasteiger partial charge in [0.15, 0.2) is 5.84 Å².